The highest BCUT2D eigenvalue weighted by molar-refractivity contribution is 5.83. The van der Waals surface area contributed by atoms with Gasteiger partial charge in [-0.1, -0.05) is 5.16 Å². The first-order valence-corrected chi connectivity index (χ1v) is 8.72. The van der Waals surface area contributed by atoms with Crippen molar-refractivity contribution in [2.24, 2.45) is 21.6 Å². The van der Waals surface area contributed by atoms with Crippen LogP contribution in [0.2, 0.25) is 0 Å². The molecule has 0 radical (unpaired) electrons. The molecule has 9 N–H and O–H groups in total. The SMILES string of the molecule is NC(N)=NCCC[C@@H]1N[C@@]2(CO[C@@H](n3ccc(N)nc3=O)[C@H](O)C2)O/C1=N\O. The lowest BCUT2D eigenvalue weighted by molar-refractivity contribution is -0.194. The normalized spacial score (nSPS) is 31.0. The second-order valence-corrected chi connectivity index (χ2v) is 6.70. The predicted molar refractivity (Wildman–Crippen MR) is 98.4 cm³/mol. The maximum atomic E-state index is 12.0. The van der Waals surface area contributed by atoms with Gasteiger partial charge in [-0.15, -0.1) is 0 Å². The largest absolute Gasteiger partial charge is 0.453 e. The van der Waals surface area contributed by atoms with Gasteiger partial charge in [-0.3, -0.25) is 14.9 Å². The summed E-state index contributed by atoms with van der Waals surface area (Å²) >= 11 is 0. The number of nitrogens with two attached hydrogens (primary N) is 3. The molecule has 0 amide bonds. The molecule has 28 heavy (non-hydrogen) atoms. The quantitative estimate of drug-likeness (QED) is 0.102. The number of rotatable bonds is 5. The Bertz CT molecular complexity index is 823. The molecule has 3 heterocycles. The second kappa shape index (κ2) is 8.00. The first-order chi connectivity index (χ1) is 13.3. The third-order valence-electron chi connectivity index (χ3n) is 4.56. The minimum Gasteiger partial charge on any atom is -0.453 e. The zero-order valence-electron chi connectivity index (χ0n) is 15.1. The van der Waals surface area contributed by atoms with Crippen LogP contribution in [0, 0.1) is 0 Å². The van der Waals surface area contributed by atoms with Gasteiger partial charge in [0.2, 0.25) is 5.90 Å². The van der Waals surface area contributed by atoms with Gasteiger partial charge in [0.05, 0.1) is 6.04 Å². The smallest absolute Gasteiger partial charge is 0.351 e. The van der Waals surface area contributed by atoms with Gasteiger partial charge in [-0.2, -0.15) is 4.98 Å². The van der Waals surface area contributed by atoms with Crippen LogP contribution < -0.4 is 28.2 Å². The number of hydrogen-bond donors (Lipinski definition) is 6. The monoisotopic (exact) mass is 396 g/mol. The molecule has 0 saturated carbocycles. The van der Waals surface area contributed by atoms with Crippen LogP contribution in [0.5, 0.6) is 0 Å². The van der Waals surface area contributed by atoms with E-state index < -0.39 is 29.8 Å². The summed E-state index contributed by atoms with van der Waals surface area (Å²) in [4.78, 5) is 19.5. The zero-order valence-corrected chi connectivity index (χ0v) is 15.1. The summed E-state index contributed by atoms with van der Waals surface area (Å²) in [5.41, 5.74) is 14.4. The Hall–Kier alpha value is -2.90. The second-order valence-electron chi connectivity index (χ2n) is 6.70. The Morgan fingerprint density at radius 2 is 2.29 bits per heavy atom. The molecule has 2 fully saturated rings. The first kappa shape index (κ1) is 19.9. The third kappa shape index (κ3) is 4.16. The molecular formula is C15H24N8O5. The first-order valence-electron chi connectivity index (χ1n) is 8.72. The molecule has 0 aromatic carbocycles. The Morgan fingerprint density at radius 1 is 1.50 bits per heavy atom. The Morgan fingerprint density at radius 3 is 2.93 bits per heavy atom. The number of aliphatic hydroxyl groups excluding tert-OH is 1. The van der Waals surface area contributed by atoms with Crippen LogP contribution in [-0.4, -0.2) is 62.7 Å². The van der Waals surface area contributed by atoms with Crippen molar-refractivity contribution in [2.45, 2.75) is 43.4 Å². The summed E-state index contributed by atoms with van der Waals surface area (Å²) in [5.74, 6) is 0.173. The number of aliphatic imine (C=N–C) groups is 1. The van der Waals surface area contributed by atoms with E-state index >= 15 is 0 Å². The standard InChI is InChI=1S/C15H24N8O5/c16-10-3-5-23(14(25)20-10)12-9(24)6-15(7-27-12)21-8(11(22-26)28-15)2-1-4-19-13(17)18/h3,5,8-9,12,21,24,26H,1-2,4,6-7H2,(H2,16,20,25)(H4,17,18,19)/b22-11-/t8-,9+,12+,15+/m0/s1. The number of ether oxygens (including phenoxy) is 2. The van der Waals surface area contributed by atoms with E-state index in [2.05, 4.69) is 20.4 Å². The molecule has 154 valence electrons. The van der Waals surface area contributed by atoms with Crippen molar-refractivity contribution in [3.05, 3.63) is 22.7 Å². The fourth-order valence-corrected chi connectivity index (χ4v) is 3.35. The molecule has 13 heteroatoms. The van der Waals surface area contributed by atoms with Crippen LogP contribution in [-0.2, 0) is 9.47 Å². The van der Waals surface area contributed by atoms with Gasteiger partial charge in [0, 0.05) is 19.2 Å². The van der Waals surface area contributed by atoms with E-state index in [4.69, 9.17) is 26.7 Å². The number of hydrogen-bond acceptors (Lipinski definition) is 10. The zero-order chi connectivity index (χ0) is 20.3. The molecule has 0 aliphatic carbocycles. The van der Waals surface area contributed by atoms with Crippen molar-refractivity contribution < 1.29 is 19.8 Å². The van der Waals surface area contributed by atoms with E-state index in [-0.39, 0.29) is 30.7 Å². The van der Waals surface area contributed by atoms with E-state index in [1.807, 2.05) is 0 Å². The lowest BCUT2D eigenvalue weighted by atomic mass is 10.0. The van der Waals surface area contributed by atoms with E-state index in [0.29, 0.717) is 19.4 Å². The Labute approximate surface area is 159 Å². The molecule has 2 aliphatic heterocycles. The Balaban J connectivity index is 1.66. The van der Waals surface area contributed by atoms with Gasteiger partial charge in [0.25, 0.3) is 0 Å². The lowest BCUT2D eigenvalue weighted by Crippen LogP contribution is -2.56. The number of nitrogens with zero attached hydrogens (tertiary/aromatic N) is 4. The van der Waals surface area contributed by atoms with Crippen LogP contribution in [0.1, 0.15) is 25.5 Å². The molecule has 1 aromatic rings. The van der Waals surface area contributed by atoms with Crippen LogP contribution >= 0.6 is 0 Å². The van der Waals surface area contributed by atoms with Gasteiger partial charge in [-0.25, -0.2) is 4.79 Å². The van der Waals surface area contributed by atoms with Crippen molar-refractivity contribution >= 4 is 17.7 Å². The van der Waals surface area contributed by atoms with Gasteiger partial charge < -0.3 is 37.0 Å². The summed E-state index contributed by atoms with van der Waals surface area (Å²) in [7, 11) is 0. The number of anilines is 1. The molecule has 0 bridgehead atoms. The molecule has 3 rings (SSSR count). The average Bonchev–Trinajstić information content (AvgIpc) is 2.97. The molecular weight excluding hydrogens is 372 g/mol. The van der Waals surface area contributed by atoms with E-state index in [1.54, 1.807) is 0 Å². The molecule has 0 unspecified atom stereocenters. The molecule has 2 aliphatic rings. The number of nitrogens with one attached hydrogen (secondary N) is 1. The summed E-state index contributed by atoms with van der Waals surface area (Å²) in [5, 5.41) is 26.2. The van der Waals surface area contributed by atoms with Crippen LogP contribution in [0.25, 0.3) is 0 Å². The molecule has 2 saturated heterocycles. The van der Waals surface area contributed by atoms with Gasteiger partial charge in [0.15, 0.2) is 17.9 Å². The average molecular weight is 396 g/mol. The highest BCUT2D eigenvalue weighted by atomic mass is 16.6. The number of nitrogen functional groups attached to an aromatic ring is 1. The highest BCUT2D eigenvalue weighted by Crippen LogP contribution is 2.34. The van der Waals surface area contributed by atoms with Crippen molar-refractivity contribution in [1.82, 2.24) is 14.9 Å². The predicted octanol–water partition coefficient (Wildman–Crippen LogP) is -2.37. The third-order valence-corrected chi connectivity index (χ3v) is 4.56. The Kier molecular flexibility index (Phi) is 5.67. The van der Waals surface area contributed by atoms with Crippen LogP contribution in [0.15, 0.2) is 27.2 Å². The van der Waals surface area contributed by atoms with Crippen molar-refractivity contribution in [3.8, 4) is 0 Å². The van der Waals surface area contributed by atoms with E-state index in [1.165, 1.54) is 12.3 Å². The fourth-order valence-electron chi connectivity index (χ4n) is 3.35. The van der Waals surface area contributed by atoms with Crippen molar-refractivity contribution in [1.29, 1.82) is 0 Å². The minimum atomic E-state index is -1.08. The van der Waals surface area contributed by atoms with Crippen molar-refractivity contribution in [2.75, 3.05) is 18.9 Å². The van der Waals surface area contributed by atoms with Gasteiger partial charge in [0.1, 0.15) is 18.5 Å². The maximum absolute atomic E-state index is 12.0. The number of aromatic nitrogens is 2. The molecule has 1 aromatic heterocycles. The number of oxime groups is 1. The summed E-state index contributed by atoms with van der Waals surface area (Å²) in [6, 6.07) is 1.04. The molecule has 1 spiro atoms. The van der Waals surface area contributed by atoms with Crippen LogP contribution in [0.4, 0.5) is 5.82 Å². The highest BCUT2D eigenvalue weighted by Gasteiger charge is 2.51. The summed E-state index contributed by atoms with van der Waals surface area (Å²) in [6.45, 7) is 0.426. The van der Waals surface area contributed by atoms with Crippen LogP contribution in [0.3, 0.4) is 0 Å². The summed E-state index contributed by atoms with van der Waals surface area (Å²) in [6.07, 6.45) is 0.646. The topological polar surface area (TPSA) is 209 Å². The van der Waals surface area contributed by atoms with Gasteiger partial charge >= 0.3 is 5.69 Å². The summed E-state index contributed by atoms with van der Waals surface area (Å²) < 4.78 is 12.6. The van der Waals surface area contributed by atoms with E-state index in [9.17, 15) is 15.1 Å². The number of aliphatic hydroxyl groups is 1. The lowest BCUT2D eigenvalue weighted by Gasteiger charge is -2.39. The van der Waals surface area contributed by atoms with Crippen molar-refractivity contribution in [3.63, 3.8) is 0 Å². The number of guanidine groups is 1. The molecule has 4 atom stereocenters. The minimum absolute atomic E-state index is 0.00500. The maximum Gasteiger partial charge on any atom is 0.351 e. The van der Waals surface area contributed by atoms with E-state index in [0.717, 1.165) is 4.57 Å². The fraction of sp³-hybridized carbons (Fsp3) is 0.600. The van der Waals surface area contributed by atoms with Gasteiger partial charge in [-0.05, 0) is 18.9 Å². The molecule has 13 nitrogen and oxygen atoms in total.